The lowest BCUT2D eigenvalue weighted by Gasteiger charge is -2.25. The van der Waals surface area contributed by atoms with Crippen molar-refractivity contribution in [2.75, 3.05) is 19.0 Å². The van der Waals surface area contributed by atoms with Gasteiger partial charge in [0.25, 0.3) is 0 Å². The summed E-state index contributed by atoms with van der Waals surface area (Å²) in [7, 11) is 1.65. The van der Waals surface area contributed by atoms with Gasteiger partial charge in [0, 0.05) is 24.6 Å². The van der Waals surface area contributed by atoms with E-state index in [1.54, 1.807) is 31.6 Å². The fraction of sp³-hybridized carbons (Fsp3) is 0.294. The van der Waals surface area contributed by atoms with Crippen LogP contribution in [0, 0.1) is 0 Å². The molecule has 1 atom stereocenters. The van der Waals surface area contributed by atoms with Crippen LogP contribution in [0.5, 0.6) is 5.75 Å². The van der Waals surface area contributed by atoms with Crippen LogP contribution in [0.4, 0.5) is 10.5 Å². The Labute approximate surface area is 129 Å². The van der Waals surface area contributed by atoms with Crippen molar-refractivity contribution in [1.82, 2.24) is 9.88 Å². The van der Waals surface area contributed by atoms with Crippen molar-refractivity contribution in [3.63, 3.8) is 0 Å². The number of carbonyl (C=O) groups excluding carboxylic acids is 1. The first kappa shape index (κ1) is 14.4. The first-order chi connectivity index (χ1) is 10.8. The van der Waals surface area contributed by atoms with Crippen molar-refractivity contribution >= 4 is 11.7 Å². The molecule has 1 N–H and O–H groups in total. The summed E-state index contributed by atoms with van der Waals surface area (Å²) in [4.78, 5) is 18.3. The van der Waals surface area contributed by atoms with Crippen LogP contribution < -0.4 is 10.1 Å². The number of carbonyl (C=O) groups is 1. The molecule has 0 saturated carbocycles. The van der Waals surface area contributed by atoms with Gasteiger partial charge < -0.3 is 15.0 Å². The largest absolute Gasteiger partial charge is 0.497 e. The van der Waals surface area contributed by atoms with E-state index in [2.05, 4.69) is 10.3 Å². The molecule has 1 saturated heterocycles. The van der Waals surface area contributed by atoms with Crippen LogP contribution in [-0.2, 0) is 0 Å². The number of anilines is 1. The molecule has 1 fully saturated rings. The fourth-order valence-corrected chi connectivity index (χ4v) is 2.81. The van der Waals surface area contributed by atoms with Gasteiger partial charge in [0.1, 0.15) is 5.75 Å². The molecule has 5 heteroatoms. The van der Waals surface area contributed by atoms with Crippen LogP contribution in [0.25, 0.3) is 0 Å². The van der Waals surface area contributed by atoms with Crippen LogP contribution in [0.1, 0.15) is 24.4 Å². The summed E-state index contributed by atoms with van der Waals surface area (Å²) < 4.78 is 5.19. The summed E-state index contributed by atoms with van der Waals surface area (Å²) in [5.74, 6) is 0.828. The molecule has 1 aliphatic rings. The van der Waals surface area contributed by atoms with E-state index in [0.717, 1.165) is 36.4 Å². The van der Waals surface area contributed by atoms with E-state index in [-0.39, 0.29) is 12.1 Å². The number of rotatable bonds is 3. The molecular formula is C17H19N3O2. The molecule has 0 bridgehead atoms. The highest BCUT2D eigenvalue weighted by Gasteiger charge is 2.29. The Bertz CT molecular complexity index is 628. The van der Waals surface area contributed by atoms with Gasteiger partial charge in [0.05, 0.1) is 13.2 Å². The van der Waals surface area contributed by atoms with Crippen molar-refractivity contribution in [3.8, 4) is 5.75 Å². The lowest BCUT2D eigenvalue weighted by Crippen LogP contribution is -2.34. The van der Waals surface area contributed by atoms with Gasteiger partial charge in [0.2, 0.25) is 0 Å². The maximum atomic E-state index is 12.5. The zero-order valence-corrected chi connectivity index (χ0v) is 12.5. The maximum Gasteiger partial charge on any atom is 0.322 e. The molecule has 22 heavy (non-hydrogen) atoms. The molecule has 0 aliphatic carbocycles. The number of pyridine rings is 1. The smallest absolute Gasteiger partial charge is 0.322 e. The molecule has 2 aromatic rings. The van der Waals surface area contributed by atoms with Crippen LogP contribution in [0.2, 0.25) is 0 Å². The minimum absolute atomic E-state index is 0.0653. The van der Waals surface area contributed by atoms with Crippen molar-refractivity contribution in [2.45, 2.75) is 18.9 Å². The molecule has 2 heterocycles. The number of nitrogens with one attached hydrogen (secondary N) is 1. The topological polar surface area (TPSA) is 54.5 Å². The van der Waals surface area contributed by atoms with Gasteiger partial charge >= 0.3 is 6.03 Å². The number of amides is 2. The Morgan fingerprint density at radius 1 is 1.23 bits per heavy atom. The Hall–Kier alpha value is -2.56. The summed E-state index contributed by atoms with van der Waals surface area (Å²) in [5.41, 5.74) is 1.91. The van der Waals surface area contributed by atoms with Gasteiger partial charge in [-0.25, -0.2) is 4.79 Å². The van der Waals surface area contributed by atoms with Crippen LogP contribution in [0.15, 0.2) is 48.8 Å². The lowest BCUT2D eigenvalue weighted by molar-refractivity contribution is 0.207. The maximum absolute atomic E-state index is 12.5. The van der Waals surface area contributed by atoms with Crippen molar-refractivity contribution in [1.29, 1.82) is 0 Å². The number of hydrogen-bond donors (Lipinski definition) is 1. The van der Waals surface area contributed by atoms with E-state index < -0.39 is 0 Å². The molecule has 0 radical (unpaired) electrons. The Morgan fingerprint density at radius 3 is 2.64 bits per heavy atom. The van der Waals surface area contributed by atoms with Crippen molar-refractivity contribution in [2.24, 2.45) is 0 Å². The quantitative estimate of drug-likeness (QED) is 0.944. The molecule has 1 aromatic carbocycles. The second-order valence-electron chi connectivity index (χ2n) is 5.29. The summed E-state index contributed by atoms with van der Waals surface area (Å²) >= 11 is 0. The minimum Gasteiger partial charge on any atom is -0.497 e. The molecule has 5 nitrogen and oxygen atoms in total. The second-order valence-corrected chi connectivity index (χ2v) is 5.29. The van der Waals surface area contributed by atoms with Crippen molar-refractivity contribution in [3.05, 3.63) is 54.4 Å². The molecule has 3 rings (SSSR count). The number of nitrogens with zero attached hydrogens (tertiary/aromatic N) is 2. The highest BCUT2D eigenvalue weighted by atomic mass is 16.5. The number of urea groups is 1. The second kappa shape index (κ2) is 6.47. The van der Waals surface area contributed by atoms with E-state index in [0.29, 0.717) is 0 Å². The first-order valence-corrected chi connectivity index (χ1v) is 7.39. The predicted octanol–water partition coefficient (Wildman–Crippen LogP) is 3.46. The standard InChI is InChI=1S/C17H19N3O2/c1-22-15-6-4-13(5-7-15)16-3-2-12-20(16)17(21)19-14-8-10-18-11-9-14/h4-11,16H,2-3,12H2,1H3,(H,18,19,21). The summed E-state index contributed by atoms with van der Waals surface area (Å²) in [5, 5.41) is 2.93. The number of benzene rings is 1. The average molecular weight is 297 g/mol. The number of methoxy groups -OCH3 is 1. The number of aromatic nitrogens is 1. The number of hydrogen-bond acceptors (Lipinski definition) is 3. The van der Waals surface area contributed by atoms with Crippen molar-refractivity contribution < 1.29 is 9.53 Å². The molecular weight excluding hydrogens is 278 g/mol. The Morgan fingerprint density at radius 2 is 1.95 bits per heavy atom. The van der Waals surface area contributed by atoms with Crippen LogP contribution in [0.3, 0.4) is 0 Å². The first-order valence-electron chi connectivity index (χ1n) is 7.39. The molecule has 1 aliphatic heterocycles. The van der Waals surface area contributed by atoms with Crippen LogP contribution >= 0.6 is 0 Å². The SMILES string of the molecule is COc1ccc(C2CCCN2C(=O)Nc2ccncc2)cc1. The Balaban J connectivity index is 1.73. The zero-order valence-electron chi connectivity index (χ0n) is 12.5. The van der Waals surface area contributed by atoms with Crippen LogP contribution in [-0.4, -0.2) is 29.6 Å². The third-order valence-electron chi connectivity index (χ3n) is 3.95. The average Bonchev–Trinajstić information content (AvgIpc) is 3.05. The normalized spacial score (nSPS) is 17.3. The fourth-order valence-electron chi connectivity index (χ4n) is 2.81. The van der Waals surface area contributed by atoms with Gasteiger partial charge in [-0.1, -0.05) is 12.1 Å². The monoisotopic (exact) mass is 297 g/mol. The summed E-state index contributed by atoms with van der Waals surface area (Å²) in [6.07, 6.45) is 5.33. The predicted molar refractivity (Wildman–Crippen MR) is 84.9 cm³/mol. The van der Waals surface area contributed by atoms with E-state index >= 15 is 0 Å². The van der Waals surface area contributed by atoms with Gasteiger partial charge in [0.15, 0.2) is 0 Å². The van der Waals surface area contributed by atoms with Gasteiger partial charge in [-0.3, -0.25) is 4.98 Å². The van der Waals surface area contributed by atoms with Gasteiger partial charge in [-0.2, -0.15) is 0 Å². The molecule has 114 valence electrons. The summed E-state index contributed by atoms with van der Waals surface area (Å²) in [6.45, 7) is 0.771. The van der Waals surface area contributed by atoms with E-state index in [1.165, 1.54) is 0 Å². The van der Waals surface area contributed by atoms with Gasteiger partial charge in [-0.05, 0) is 42.7 Å². The van der Waals surface area contributed by atoms with E-state index in [1.807, 2.05) is 29.2 Å². The molecule has 1 unspecified atom stereocenters. The lowest BCUT2D eigenvalue weighted by atomic mass is 10.0. The summed E-state index contributed by atoms with van der Waals surface area (Å²) in [6, 6.07) is 11.6. The number of ether oxygens (including phenoxy) is 1. The minimum atomic E-state index is -0.0653. The van der Waals surface area contributed by atoms with E-state index in [4.69, 9.17) is 4.74 Å². The van der Waals surface area contributed by atoms with Gasteiger partial charge in [-0.15, -0.1) is 0 Å². The molecule has 0 spiro atoms. The molecule has 1 aromatic heterocycles. The third kappa shape index (κ3) is 3.03. The van der Waals surface area contributed by atoms with E-state index in [9.17, 15) is 4.79 Å². The number of likely N-dealkylation sites (tertiary alicyclic amines) is 1. The highest BCUT2D eigenvalue weighted by Crippen LogP contribution is 2.33. The highest BCUT2D eigenvalue weighted by molar-refractivity contribution is 5.89. The zero-order chi connectivity index (χ0) is 15.4. The Kier molecular flexibility index (Phi) is 4.23. The molecule has 2 amide bonds. The third-order valence-corrected chi connectivity index (χ3v) is 3.95.